The van der Waals surface area contributed by atoms with Crippen LogP contribution in [0.3, 0.4) is 0 Å². The van der Waals surface area contributed by atoms with E-state index in [2.05, 4.69) is 29.0 Å². The number of methoxy groups -OCH3 is 1. The zero-order valence-electron chi connectivity index (χ0n) is 21.5. The third-order valence-corrected chi connectivity index (χ3v) is 6.42. The Morgan fingerprint density at radius 1 is 1.08 bits per heavy atom. The SMILES string of the molecule is C=CC[C@@H](NC(=O)[C@@H](CCC[NH+]=C(N)N)CC(=O)OCC1c2ccccc2-c2ccccc21)C(=O)OC.[Cl-]. The average Bonchev–Trinajstić information content (AvgIpc) is 3.22. The van der Waals surface area contributed by atoms with E-state index in [0.717, 1.165) is 22.3 Å². The fourth-order valence-corrected chi connectivity index (χ4v) is 4.60. The van der Waals surface area contributed by atoms with Crippen LogP contribution in [0.1, 0.15) is 42.7 Å². The van der Waals surface area contributed by atoms with Gasteiger partial charge in [0.25, 0.3) is 0 Å². The second-order valence-corrected chi connectivity index (χ2v) is 8.94. The number of rotatable bonds is 13. The van der Waals surface area contributed by atoms with Gasteiger partial charge < -0.3 is 27.2 Å². The van der Waals surface area contributed by atoms with Gasteiger partial charge in [0, 0.05) is 11.8 Å². The fourth-order valence-electron chi connectivity index (χ4n) is 4.60. The molecule has 0 aromatic heterocycles. The van der Waals surface area contributed by atoms with Gasteiger partial charge in [0.15, 0.2) is 0 Å². The fraction of sp³-hybridized carbons (Fsp3) is 0.357. The van der Waals surface area contributed by atoms with Crippen LogP contribution in [0.2, 0.25) is 0 Å². The molecule has 0 unspecified atom stereocenters. The van der Waals surface area contributed by atoms with E-state index >= 15 is 0 Å². The average molecular weight is 543 g/mol. The van der Waals surface area contributed by atoms with Crippen LogP contribution in [0.15, 0.2) is 61.2 Å². The van der Waals surface area contributed by atoms with E-state index in [9.17, 15) is 14.4 Å². The van der Waals surface area contributed by atoms with Crippen molar-refractivity contribution in [2.24, 2.45) is 17.4 Å². The predicted octanol–water partition coefficient (Wildman–Crippen LogP) is -2.28. The Bertz CT molecular complexity index is 1120. The van der Waals surface area contributed by atoms with Gasteiger partial charge in [0.2, 0.25) is 5.91 Å². The van der Waals surface area contributed by atoms with Crippen LogP contribution in [-0.4, -0.2) is 50.1 Å². The molecule has 0 spiro atoms. The molecule has 10 heteroatoms. The maximum atomic E-state index is 13.1. The molecule has 3 rings (SSSR count). The zero-order valence-corrected chi connectivity index (χ0v) is 22.2. The number of ether oxygens (including phenoxy) is 2. The van der Waals surface area contributed by atoms with Crippen LogP contribution in [-0.2, 0) is 23.9 Å². The molecule has 0 radical (unpaired) electrons. The minimum absolute atomic E-state index is 0. The van der Waals surface area contributed by atoms with Gasteiger partial charge in [-0.1, -0.05) is 54.6 Å². The molecular weight excluding hydrogens is 508 g/mol. The summed E-state index contributed by atoms with van der Waals surface area (Å²) in [5.74, 6) is -2.22. The first-order valence-corrected chi connectivity index (χ1v) is 12.3. The van der Waals surface area contributed by atoms with Crippen LogP contribution in [0.5, 0.6) is 0 Å². The molecule has 6 N–H and O–H groups in total. The Hall–Kier alpha value is -3.85. The van der Waals surface area contributed by atoms with Crippen LogP contribution in [0.25, 0.3) is 11.1 Å². The van der Waals surface area contributed by atoms with Gasteiger partial charge in [0.1, 0.15) is 12.6 Å². The number of carbonyl (C=O) groups is 3. The van der Waals surface area contributed by atoms with Gasteiger partial charge in [0.05, 0.1) is 20.1 Å². The van der Waals surface area contributed by atoms with Gasteiger partial charge in [-0.2, -0.15) is 0 Å². The zero-order chi connectivity index (χ0) is 26.8. The first-order valence-electron chi connectivity index (χ1n) is 12.3. The van der Waals surface area contributed by atoms with Gasteiger partial charge in [-0.05, 0) is 41.5 Å². The number of benzene rings is 2. The molecule has 1 aliphatic rings. The lowest BCUT2D eigenvalue weighted by Gasteiger charge is -2.21. The Kier molecular flexibility index (Phi) is 11.8. The number of fused-ring (bicyclic) bond motifs is 3. The lowest BCUT2D eigenvalue weighted by atomic mass is 9.97. The van der Waals surface area contributed by atoms with Crippen LogP contribution >= 0.6 is 0 Å². The number of hydrogen-bond donors (Lipinski definition) is 4. The Balaban J connectivity index is 0.00000507. The lowest BCUT2D eigenvalue weighted by molar-refractivity contribution is -0.459. The van der Waals surface area contributed by atoms with E-state index < -0.39 is 29.8 Å². The van der Waals surface area contributed by atoms with Crippen molar-refractivity contribution >= 4 is 23.8 Å². The monoisotopic (exact) mass is 542 g/mol. The molecule has 0 aliphatic heterocycles. The van der Waals surface area contributed by atoms with Crippen molar-refractivity contribution in [1.82, 2.24) is 5.32 Å². The summed E-state index contributed by atoms with van der Waals surface area (Å²) in [7, 11) is 1.25. The summed E-state index contributed by atoms with van der Waals surface area (Å²) < 4.78 is 10.5. The maximum absolute atomic E-state index is 13.1. The standard InChI is InChI=1S/C28H34N4O5.ClH/c1-3-9-24(27(35)36-2)32-26(34)18(10-8-15-31-28(29)30)16-25(33)37-17-23-21-13-6-4-11-19(21)20-12-5-7-14-22(20)23;/h3-7,11-14,18,23-24H,1,8-10,15-17H2,2H3,(H,32,34)(H4,29,30,31);1H/t18-,24+;/m0./s1. The molecule has 9 nitrogen and oxygen atoms in total. The normalized spacial score (nSPS) is 13.1. The number of nitrogens with two attached hydrogens (primary N) is 2. The number of guanidine groups is 1. The highest BCUT2D eigenvalue weighted by atomic mass is 35.5. The maximum Gasteiger partial charge on any atom is 0.338 e. The number of nitrogens with one attached hydrogen (secondary N) is 2. The molecule has 0 saturated carbocycles. The van der Waals surface area contributed by atoms with E-state index in [0.29, 0.717) is 19.4 Å². The summed E-state index contributed by atoms with van der Waals surface area (Å²) in [5, 5.41) is 2.68. The Morgan fingerprint density at radius 2 is 1.68 bits per heavy atom. The first-order chi connectivity index (χ1) is 17.8. The highest BCUT2D eigenvalue weighted by Gasteiger charge is 2.31. The summed E-state index contributed by atoms with van der Waals surface area (Å²) in [6.07, 6.45) is 2.48. The first kappa shape index (κ1) is 30.4. The molecule has 204 valence electrons. The quantitative estimate of drug-likeness (QED) is 0.0733. The summed E-state index contributed by atoms with van der Waals surface area (Å²) in [5.41, 5.74) is 15.4. The second-order valence-electron chi connectivity index (χ2n) is 8.94. The van der Waals surface area contributed by atoms with Crippen molar-refractivity contribution < 1.29 is 41.3 Å². The van der Waals surface area contributed by atoms with Gasteiger partial charge in [-0.15, -0.1) is 6.58 Å². The van der Waals surface area contributed by atoms with Crippen molar-refractivity contribution in [2.45, 2.75) is 37.6 Å². The van der Waals surface area contributed by atoms with Crippen molar-refractivity contribution in [1.29, 1.82) is 0 Å². The number of esters is 2. The molecule has 0 heterocycles. The molecule has 38 heavy (non-hydrogen) atoms. The van der Waals surface area contributed by atoms with Gasteiger partial charge in [-0.3, -0.25) is 26.0 Å². The van der Waals surface area contributed by atoms with E-state index in [1.165, 1.54) is 13.2 Å². The van der Waals surface area contributed by atoms with E-state index in [4.69, 9.17) is 20.9 Å². The van der Waals surface area contributed by atoms with Gasteiger partial charge in [-0.25, -0.2) is 4.79 Å². The minimum Gasteiger partial charge on any atom is -1.00 e. The molecule has 0 saturated heterocycles. The summed E-state index contributed by atoms with van der Waals surface area (Å²) in [4.78, 5) is 40.8. The molecule has 2 aromatic carbocycles. The van der Waals surface area contributed by atoms with Crippen LogP contribution in [0, 0.1) is 5.92 Å². The molecule has 1 aliphatic carbocycles. The Labute approximate surface area is 229 Å². The number of carbonyl (C=O) groups excluding carboxylic acids is 3. The smallest absolute Gasteiger partial charge is 0.338 e. The van der Waals surface area contributed by atoms with Crippen molar-refractivity contribution in [3.8, 4) is 11.1 Å². The summed E-state index contributed by atoms with van der Waals surface area (Å²) in [6.45, 7) is 4.23. The topological polar surface area (TPSA) is 148 Å². The molecule has 0 fully saturated rings. The van der Waals surface area contributed by atoms with Crippen LogP contribution < -0.4 is 34.2 Å². The lowest BCUT2D eigenvalue weighted by Crippen LogP contribution is -3.00. The van der Waals surface area contributed by atoms with Crippen molar-refractivity contribution in [3.63, 3.8) is 0 Å². The predicted molar refractivity (Wildman–Crippen MR) is 140 cm³/mol. The number of hydrogen-bond acceptors (Lipinski definition) is 5. The third-order valence-electron chi connectivity index (χ3n) is 6.42. The third kappa shape index (κ3) is 7.82. The number of halogens is 1. The largest absolute Gasteiger partial charge is 1.00 e. The van der Waals surface area contributed by atoms with E-state index in [1.54, 1.807) is 0 Å². The highest BCUT2D eigenvalue weighted by molar-refractivity contribution is 5.88. The molecule has 1 amide bonds. The second kappa shape index (κ2) is 14.8. The van der Waals surface area contributed by atoms with E-state index in [-0.39, 0.29) is 43.7 Å². The highest BCUT2D eigenvalue weighted by Crippen LogP contribution is 2.44. The Morgan fingerprint density at radius 3 is 2.24 bits per heavy atom. The summed E-state index contributed by atoms with van der Waals surface area (Å²) in [6, 6.07) is 15.3. The summed E-state index contributed by atoms with van der Waals surface area (Å²) >= 11 is 0. The van der Waals surface area contributed by atoms with Crippen LogP contribution in [0.4, 0.5) is 0 Å². The molecule has 2 atom stereocenters. The van der Waals surface area contributed by atoms with Gasteiger partial charge >= 0.3 is 17.9 Å². The minimum atomic E-state index is -0.883. The van der Waals surface area contributed by atoms with Crippen molar-refractivity contribution in [3.05, 3.63) is 72.3 Å². The van der Waals surface area contributed by atoms with Crippen molar-refractivity contribution in [2.75, 3.05) is 20.3 Å². The molecule has 2 aromatic rings. The molecule has 0 bridgehead atoms. The molecular formula is C28H35ClN4O5. The van der Waals surface area contributed by atoms with E-state index in [1.807, 2.05) is 36.4 Å². The number of amides is 1.